The molecule has 0 N–H and O–H groups in total. The van der Waals surface area contributed by atoms with Crippen LogP contribution in [-0.2, 0) is 28.6 Å². The molecule has 1 unspecified atom stereocenters. The average molecular weight is 1020 g/mol. The van der Waals surface area contributed by atoms with Crippen LogP contribution in [0, 0.1) is 0 Å². The largest absolute Gasteiger partial charge is 0.462 e. The molecule has 0 amide bonds. The molecule has 0 fully saturated rings. The number of esters is 3. The van der Waals surface area contributed by atoms with E-state index >= 15 is 0 Å². The molecule has 0 heterocycles. The maximum Gasteiger partial charge on any atom is 0.306 e. The number of hydrogen-bond acceptors (Lipinski definition) is 6. The summed E-state index contributed by atoms with van der Waals surface area (Å²) in [5.41, 5.74) is 0. The highest BCUT2D eigenvalue weighted by atomic mass is 16.6. The highest BCUT2D eigenvalue weighted by molar-refractivity contribution is 5.71. The van der Waals surface area contributed by atoms with Gasteiger partial charge >= 0.3 is 17.9 Å². The zero-order valence-electron chi connectivity index (χ0n) is 48.7. The molecule has 0 bridgehead atoms. The summed E-state index contributed by atoms with van der Waals surface area (Å²) in [6.45, 7) is 6.55. The molecule has 6 heteroatoms. The fourth-order valence-corrected chi connectivity index (χ4v) is 9.25. The van der Waals surface area contributed by atoms with Gasteiger partial charge in [-0.15, -0.1) is 0 Å². The van der Waals surface area contributed by atoms with Crippen LogP contribution in [0.25, 0.3) is 0 Å². The first-order valence-corrected chi connectivity index (χ1v) is 31.8. The van der Waals surface area contributed by atoms with Crippen LogP contribution in [0.1, 0.15) is 329 Å². The quantitative estimate of drug-likeness (QED) is 0.0261. The van der Waals surface area contributed by atoms with Crippen molar-refractivity contribution in [2.24, 2.45) is 0 Å². The van der Waals surface area contributed by atoms with E-state index < -0.39 is 6.10 Å². The summed E-state index contributed by atoms with van der Waals surface area (Å²) in [7, 11) is 0. The summed E-state index contributed by atoms with van der Waals surface area (Å²) in [5.74, 6) is -0.888. The van der Waals surface area contributed by atoms with Crippen LogP contribution in [-0.4, -0.2) is 37.2 Å². The average Bonchev–Trinajstić information content (AvgIpc) is 3.39. The second kappa shape index (κ2) is 61.7. The second-order valence-electron chi connectivity index (χ2n) is 21.3. The minimum absolute atomic E-state index is 0.0809. The maximum atomic E-state index is 12.9. The van der Waals surface area contributed by atoms with Crippen molar-refractivity contribution in [2.75, 3.05) is 13.2 Å². The van der Waals surface area contributed by atoms with E-state index in [4.69, 9.17) is 14.2 Å². The number of rotatable bonds is 58. The molecule has 0 aromatic carbocycles. The molecule has 0 saturated carbocycles. The van der Waals surface area contributed by atoms with Crippen molar-refractivity contribution in [2.45, 2.75) is 335 Å². The summed E-state index contributed by atoms with van der Waals surface area (Å²) in [6.07, 6.45) is 78.0. The Morgan fingerprint density at radius 1 is 0.288 bits per heavy atom. The second-order valence-corrected chi connectivity index (χ2v) is 21.3. The summed E-state index contributed by atoms with van der Waals surface area (Å²) < 4.78 is 16.9. The van der Waals surface area contributed by atoms with Crippen molar-refractivity contribution in [3.8, 4) is 0 Å². The third-order valence-electron chi connectivity index (χ3n) is 14.0. The molecule has 0 radical (unpaired) electrons. The molecule has 73 heavy (non-hydrogen) atoms. The van der Waals surface area contributed by atoms with Gasteiger partial charge in [-0.05, 0) is 83.5 Å². The van der Waals surface area contributed by atoms with Gasteiger partial charge in [-0.3, -0.25) is 14.4 Å². The van der Waals surface area contributed by atoms with Gasteiger partial charge < -0.3 is 14.2 Å². The van der Waals surface area contributed by atoms with Gasteiger partial charge in [0.15, 0.2) is 6.10 Å². The van der Waals surface area contributed by atoms with Crippen molar-refractivity contribution in [3.05, 3.63) is 60.8 Å². The molecule has 0 aromatic heterocycles. The van der Waals surface area contributed by atoms with E-state index in [0.29, 0.717) is 19.3 Å². The molecule has 0 spiro atoms. The van der Waals surface area contributed by atoms with Gasteiger partial charge in [-0.25, -0.2) is 0 Å². The summed E-state index contributed by atoms with van der Waals surface area (Å²) in [6, 6.07) is 0. The SMILES string of the molecule is CC/C=C\C/C=C\C/C=C\C/C=C\CCCCCCC(=O)OC(COC(=O)CCCCCCCCCCCCCCC)COC(=O)CCCCCCCCCCCCCCC/C=C\CCCCCCCCCC. The highest BCUT2D eigenvalue weighted by Crippen LogP contribution is 2.17. The van der Waals surface area contributed by atoms with E-state index in [-0.39, 0.29) is 31.1 Å². The zero-order chi connectivity index (χ0) is 52.9. The number of carbonyl (C=O) groups is 3. The zero-order valence-corrected chi connectivity index (χ0v) is 48.7. The van der Waals surface area contributed by atoms with Gasteiger partial charge in [-0.2, -0.15) is 0 Å². The number of allylic oxidation sites excluding steroid dienone is 10. The molecule has 0 aliphatic carbocycles. The fourth-order valence-electron chi connectivity index (χ4n) is 9.25. The minimum Gasteiger partial charge on any atom is -0.462 e. The summed E-state index contributed by atoms with van der Waals surface area (Å²) in [5, 5.41) is 0. The lowest BCUT2D eigenvalue weighted by Crippen LogP contribution is -2.30. The first kappa shape index (κ1) is 70.1. The third-order valence-corrected chi connectivity index (χ3v) is 14.0. The Bertz CT molecular complexity index is 1310. The number of unbranched alkanes of at least 4 members (excludes halogenated alkanes) is 37. The highest BCUT2D eigenvalue weighted by Gasteiger charge is 2.19. The van der Waals surface area contributed by atoms with Crippen molar-refractivity contribution in [1.29, 1.82) is 0 Å². The molecule has 424 valence electrons. The van der Waals surface area contributed by atoms with Gasteiger partial charge in [0, 0.05) is 19.3 Å². The van der Waals surface area contributed by atoms with Gasteiger partial charge in [0.1, 0.15) is 13.2 Å². The molecule has 0 saturated heterocycles. The van der Waals surface area contributed by atoms with Crippen LogP contribution in [0.15, 0.2) is 60.8 Å². The van der Waals surface area contributed by atoms with Gasteiger partial charge in [0.25, 0.3) is 0 Å². The van der Waals surface area contributed by atoms with Crippen molar-refractivity contribution in [1.82, 2.24) is 0 Å². The topological polar surface area (TPSA) is 78.9 Å². The smallest absolute Gasteiger partial charge is 0.306 e. The first-order valence-electron chi connectivity index (χ1n) is 31.8. The standard InChI is InChI=1S/C67H120O6/c1-4-7-10-13-16-19-22-25-27-29-30-31-32-33-34-35-36-38-39-42-45-48-51-54-57-60-66(69)72-63-64(62-71-65(68)59-56-53-50-47-44-41-24-21-18-15-12-9-6-3)73-67(70)61-58-55-52-49-46-43-40-37-28-26-23-20-17-14-11-8-5-2/h8,11,17,20,26,28-30,40,43,64H,4-7,9-10,12-16,18-19,21-25,27,31-39,41-42,44-63H2,1-3H3/b11-8-,20-17-,28-26-,30-29-,43-40-. The van der Waals surface area contributed by atoms with Crippen LogP contribution in [0.2, 0.25) is 0 Å². The van der Waals surface area contributed by atoms with E-state index in [0.717, 1.165) is 96.3 Å². The Balaban J connectivity index is 4.28. The lowest BCUT2D eigenvalue weighted by atomic mass is 10.0. The Labute approximate surface area is 453 Å². The summed E-state index contributed by atoms with van der Waals surface area (Å²) >= 11 is 0. The molecular formula is C67H120O6. The predicted molar refractivity (Wildman–Crippen MR) is 316 cm³/mol. The van der Waals surface area contributed by atoms with E-state index in [1.807, 2.05) is 0 Å². The number of carbonyl (C=O) groups excluding carboxylic acids is 3. The van der Waals surface area contributed by atoms with Crippen LogP contribution in [0.3, 0.4) is 0 Å². The number of hydrogen-bond donors (Lipinski definition) is 0. The maximum absolute atomic E-state index is 12.9. The Hall–Kier alpha value is -2.89. The molecule has 0 aliphatic rings. The predicted octanol–water partition coefficient (Wildman–Crippen LogP) is 21.6. The molecule has 0 aliphatic heterocycles. The van der Waals surface area contributed by atoms with Crippen LogP contribution < -0.4 is 0 Å². The van der Waals surface area contributed by atoms with Crippen LogP contribution >= 0.6 is 0 Å². The lowest BCUT2D eigenvalue weighted by Gasteiger charge is -2.18. The van der Waals surface area contributed by atoms with Crippen LogP contribution in [0.5, 0.6) is 0 Å². The molecule has 0 aromatic rings. The minimum atomic E-state index is -0.785. The first-order chi connectivity index (χ1) is 36.0. The van der Waals surface area contributed by atoms with E-state index in [2.05, 4.69) is 81.5 Å². The molecular weight excluding hydrogens is 901 g/mol. The molecule has 1 atom stereocenters. The Morgan fingerprint density at radius 2 is 0.534 bits per heavy atom. The van der Waals surface area contributed by atoms with Gasteiger partial charge in [0.05, 0.1) is 0 Å². The number of ether oxygens (including phenoxy) is 3. The fraction of sp³-hybridized carbons (Fsp3) is 0.806. The Morgan fingerprint density at radius 3 is 0.849 bits per heavy atom. The third kappa shape index (κ3) is 59.9. The van der Waals surface area contributed by atoms with Crippen molar-refractivity contribution >= 4 is 17.9 Å². The Kier molecular flexibility index (Phi) is 59.2. The molecule has 0 rings (SSSR count). The normalized spacial score (nSPS) is 12.4. The monoisotopic (exact) mass is 1020 g/mol. The summed E-state index contributed by atoms with van der Waals surface area (Å²) in [4.78, 5) is 38.3. The van der Waals surface area contributed by atoms with Crippen molar-refractivity contribution < 1.29 is 28.6 Å². The van der Waals surface area contributed by atoms with Gasteiger partial charge in [-0.1, -0.05) is 287 Å². The van der Waals surface area contributed by atoms with E-state index in [1.165, 1.54) is 193 Å². The van der Waals surface area contributed by atoms with Gasteiger partial charge in [0.2, 0.25) is 0 Å². The van der Waals surface area contributed by atoms with Crippen molar-refractivity contribution in [3.63, 3.8) is 0 Å². The lowest BCUT2D eigenvalue weighted by molar-refractivity contribution is -0.167. The van der Waals surface area contributed by atoms with E-state index in [9.17, 15) is 14.4 Å². The van der Waals surface area contributed by atoms with E-state index in [1.54, 1.807) is 0 Å². The van der Waals surface area contributed by atoms with Crippen LogP contribution in [0.4, 0.5) is 0 Å². The molecule has 6 nitrogen and oxygen atoms in total.